The molecule has 92 valence electrons. The van der Waals surface area contributed by atoms with Crippen molar-refractivity contribution in [3.8, 4) is 0 Å². The molecule has 0 bridgehead atoms. The molecule has 2 rings (SSSR count). The Kier molecular flexibility index (Phi) is 3.72. The van der Waals surface area contributed by atoms with Gasteiger partial charge in [-0.3, -0.25) is 9.78 Å². The highest BCUT2D eigenvalue weighted by Crippen LogP contribution is 2.17. The van der Waals surface area contributed by atoms with Gasteiger partial charge in [0.05, 0.1) is 5.56 Å². The predicted octanol–water partition coefficient (Wildman–Crippen LogP) is 3.11. The van der Waals surface area contributed by atoms with E-state index in [0.29, 0.717) is 17.1 Å². The second-order valence-electron chi connectivity index (χ2n) is 3.91. The fourth-order valence-corrected chi connectivity index (χ4v) is 1.73. The fraction of sp³-hybridized carbons (Fsp3) is 0.154. The Hall–Kier alpha value is -1.75. The normalized spacial score (nSPS) is 10.2. The van der Waals surface area contributed by atoms with Crippen LogP contribution in [0.4, 0.5) is 5.82 Å². The molecule has 0 aromatic carbocycles. The van der Waals surface area contributed by atoms with Crippen molar-refractivity contribution in [2.45, 2.75) is 13.8 Å². The molecule has 5 heteroatoms. The summed E-state index contributed by atoms with van der Waals surface area (Å²) in [7, 11) is 0. The minimum atomic E-state index is -0.199. The summed E-state index contributed by atoms with van der Waals surface area (Å²) in [4.78, 5) is 20.2. The maximum absolute atomic E-state index is 12.0. The predicted molar refractivity (Wildman–Crippen MR) is 73.6 cm³/mol. The molecule has 0 radical (unpaired) electrons. The number of hydrogen-bond donors (Lipinski definition) is 1. The lowest BCUT2D eigenvalue weighted by atomic mass is 10.2. The number of halogens is 1. The third-order valence-electron chi connectivity index (χ3n) is 2.54. The van der Waals surface area contributed by atoms with Gasteiger partial charge < -0.3 is 5.32 Å². The summed E-state index contributed by atoms with van der Waals surface area (Å²) in [6, 6.07) is 5.29. The first kappa shape index (κ1) is 12.7. The molecule has 0 fully saturated rings. The van der Waals surface area contributed by atoms with Gasteiger partial charge in [-0.05, 0) is 53.5 Å². The average Bonchev–Trinajstić information content (AvgIpc) is 2.34. The van der Waals surface area contributed by atoms with Gasteiger partial charge in [0, 0.05) is 22.6 Å². The highest BCUT2D eigenvalue weighted by Gasteiger charge is 2.10. The average molecular weight is 306 g/mol. The van der Waals surface area contributed by atoms with Crippen LogP contribution in [0.15, 0.2) is 35.1 Å². The van der Waals surface area contributed by atoms with Gasteiger partial charge in [-0.15, -0.1) is 0 Å². The lowest BCUT2D eigenvalue weighted by molar-refractivity contribution is 0.102. The van der Waals surface area contributed by atoms with Crippen LogP contribution in [0, 0.1) is 13.8 Å². The Bertz CT molecular complexity index is 599. The molecule has 0 saturated carbocycles. The van der Waals surface area contributed by atoms with E-state index in [4.69, 9.17) is 0 Å². The van der Waals surface area contributed by atoms with E-state index in [9.17, 15) is 4.79 Å². The van der Waals surface area contributed by atoms with Crippen molar-refractivity contribution >= 4 is 27.7 Å². The van der Waals surface area contributed by atoms with Gasteiger partial charge in [0.2, 0.25) is 0 Å². The molecule has 4 nitrogen and oxygen atoms in total. The Labute approximate surface area is 114 Å². The van der Waals surface area contributed by atoms with E-state index in [-0.39, 0.29) is 5.91 Å². The number of carbonyl (C=O) groups is 1. The van der Waals surface area contributed by atoms with Crippen LogP contribution in [0.25, 0.3) is 0 Å². The van der Waals surface area contributed by atoms with E-state index in [1.165, 1.54) is 0 Å². The molecule has 1 N–H and O–H groups in total. The number of nitrogens with zero attached hydrogens (tertiary/aromatic N) is 2. The van der Waals surface area contributed by atoms with Crippen molar-refractivity contribution < 1.29 is 4.79 Å². The van der Waals surface area contributed by atoms with Crippen molar-refractivity contribution in [2.24, 2.45) is 0 Å². The Morgan fingerprint density at radius 1 is 1.33 bits per heavy atom. The summed E-state index contributed by atoms with van der Waals surface area (Å²) in [5.74, 6) is 0.332. The Morgan fingerprint density at radius 3 is 2.78 bits per heavy atom. The number of pyridine rings is 2. The van der Waals surface area contributed by atoms with Gasteiger partial charge in [-0.1, -0.05) is 0 Å². The third kappa shape index (κ3) is 2.73. The highest BCUT2D eigenvalue weighted by atomic mass is 79.9. The van der Waals surface area contributed by atoms with Crippen LogP contribution in [-0.4, -0.2) is 15.9 Å². The van der Waals surface area contributed by atoms with Crippen LogP contribution in [0.2, 0.25) is 0 Å². The number of aromatic nitrogens is 2. The SMILES string of the molecule is Cc1cc(NC(=O)c2cccnc2C)ncc1Br. The first-order chi connectivity index (χ1) is 8.58. The molecule has 0 atom stereocenters. The molecule has 2 heterocycles. The smallest absolute Gasteiger partial charge is 0.258 e. The minimum absolute atomic E-state index is 0.199. The van der Waals surface area contributed by atoms with Gasteiger partial charge in [0.25, 0.3) is 5.91 Å². The van der Waals surface area contributed by atoms with Crippen LogP contribution in [0.3, 0.4) is 0 Å². The molecule has 2 aromatic rings. The van der Waals surface area contributed by atoms with E-state index in [1.54, 1.807) is 31.5 Å². The minimum Gasteiger partial charge on any atom is -0.306 e. The van der Waals surface area contributed by atoms with E-state index in [2.05, 4.69) is 31.2 Å². The first-order valence-corrected chi connectivity index (χ1v) is 6.22. The van der Waals surface area contributed by atoms with Crippen LogP contribution in [-0.2, 0) is 0 Å². The van der Waals surface area contributed by atoms with Gasteiger partial charge in [0.15, 0.2) is 0 Å². The van der Waals surface area contributed by atoms with Crippen molar-refractivity contribution in [3.63, 3.8) is 0 Å². The molecule has 0 aliphatic carbocycles. The molecule has 0 saturated heterocycles. The largest absolute Gasteiger partial charge is 0.306 e. The van der Waals surface area contributed by atoms with Crippen LogP contribution >= 0.6 is 15.9 Å². The lowest BCUT2D eigenvalue weighted by Gasteiger charge is -2.07. The second kappa shape index (κ2) is 5.27. The van der Waals surface area contributed by atoms with E-state index >= 15 is 0 Å². The summed E-state index contributed by atoms with van der Waals surface area (Å²) in [6.07, 6.45) is 3.33. The topological polar surface area (TPSA) is 54.9 Å². The van der Waals surface area contributed by atoms with Crippen molar-refractivity contribution in [3.05, 3.63) is 51.9 Å². The second-order valence-corrected chi connectivity index (χ2v) is 4.76. The zero-order valence-electron chi connectivity index (χ0n) is 10.1. The summed E-state index contributed by atoms with van der Waals surface area (Å²) >= 11 is 3.37. The molecular weight excluding hydrogens is 294 g/mol. The number of anilines is 1. The fourth-order valence-electron chi connectivity index (χ4n) is 1.52. The number of rotatable bonds is 2. The van der Waals surface area contributed by atoms with Gasteiger partial charge in [-0.2, -0.15) is 0 Å². The molecule has 2 aromatic heterocycles. The van der Waals surface area contributed by atoms with E-state index < -0.39 is 0 Å². The molecule has 18 heavy (non-hydrogen) atoms. The molecule has 0 aliphatic heterocycles. The summed E-state index contributed by atoms with van der Waals surface area (Å²) in [5.41, 5.74) is 2.27. The van der Waals surface area contributed by atoms with Crippen molar-refractivity contribution in [2.75, 3.05) is 5.32 Å². The number of nitrogens with one attached hydrogen (secondary N) is 1. The standard InChI is InChI=1S/C13H12BrN3O/c1-8-6-12(16-7-11(8)14)17-13(18)10-4-3-5-15-9(10)2/h3-7H,1-2H3,(H,16,17,18). The maximum atomic E-state index is 12.0. The number of hydrogen-bond acceptors (Lipinski definition) is 3. The van der Waals surface area contributed by atoms with Crippen LogP contribution < -0.4 is 5.32 Å². The highest BCUT2D eigenvalue weighted by molar-refractivity contribution is 9.10. The van der Waals surface area contributed by atoms with Gasteiger partial charge in [-0.25, -0.2) is 4.98 Å². The molecule has 0 aliphatic rings. The summed E-state index contributed by atoms with van der Waals surface area (Å²) < 4.78 is 0.915. The summed E-state index contributed by atoms with van der Waals surface area (Å²) in [6.45, 7) is 3.74. The lowest BCUT2D eigenvalue weighted by Crippen LogP contribution is -2.14. The molecule has 0 unspecified atom stereocenters. The van der Waals surface area contributed by atoms with Crippen LogP contribution in [0.1, 0.15) is 21.6 Å². The van der Waals surface area contributed by atoms with Gasteiger partial charge >= 0.3 is 0 Å². The van der Waals surface area contributed by atoms with Crippen molar-refractivity contribution in [1.82, 2.24) is 9.97 Å². The van der Waals surface area contributed by atoms with E-state index in [0.717, 1.165) is 10.0 Å². The van der Waals surface area contributed by atoms with E-state index in [1.807, 2.05) is 13.0 Å². The molecule has 0 spiro atoms. The Balaban J connectivity index is 2.22. The van der Waals surface area contributed by atoms with Crippen molar-refractivity contribution in [1.29, 1.82) is 0 Å². The van der Waals surface area contributed by atoms with Gasteiger partial charge in [0.1, 0.15) is 5.82 Å². The third-order valence-corrected chi connectivity index (χ3v) is 3.37. The number of amides is 1. The zero-order valence-corrected chi connectivity index (χ0v) is 11.7. The Morgan fingerprint density at radius 2 is 2.11 bits per heavy atom. The quantitative estimate of drug-likeness (QED) is 0.927. The maximum Gasteiger partial charge on any atom is 0.258 e. The molecule has 1 amide bonds. The monoisotopic (exact) mass is 305 g/mol. The number of aryl methyl sites for hydroxylation is 2. The first-order valence-electron chi connectivity index (χ1n) is 5.43. The van der Waals surface area contributed by atoms with Crippen LogP contribution in [0.5, 0.6) is 0 Å². The molecular formula is C13H12BrN3O. The number of carbonyl (C=O) groups excluding carboxylic acids is 1. The zero-order chi connectivity index (χ0) is 13.1. The summed E-state index contributed by atoms with van der Waals surface area (Å²) in [5, 5.41) is 2.76.